The topological polar surface area (TPSA) is 17.1 Å². The predicted molar refractivity (Wildman–Crippen MR) is 84.6 cm³/mol. The SMILES string of the molecule is O=C(c1cc2sccc2s1)c1c(Cl)cc(Cl)cc1Cl. The van der Waals surface area contributed by atoms with Crippen LogP contribution in [0.1, 0.15) is 15.2 Å². The van der Waals surface area contributed by atoms with E-state index in [2.05, 4.69) is 0 Å². The zero-order chi connectivity index (χ0) is 13.6. The smallest absolute Gasteiger partial charge is 0.206 e. The second-order valence-electron chi connectivity index (χ2n) is 3.83. The summed E-state index contributed by atoms with van der Waals surface area (Å²) in [6, 6.07) is 6.91. The second-order valence-corrected chi connectivity index (χ2v) is 7.12. The standard InChI is InChI=1S/C13H5Cl3OS2/c14-6-3-7(15)12(8(16)4-6)13(17)11-5-10-9(19-11)1-2-18-10/h1-5H. The summed E-state index contributed by atoms with van der Waals surface area (Å²) >= 11 is 21.0. The predicted octanol–water partition coefficient (Wildman–Crippen LogP) is 6.15. The van der Waals surface area contributed by atoms with Crippen LogP contribution in [0.25, 0.3) is 9.40 Å². The summed E-state index contributed by atoms with van der Waals surface area (Å²) in [6.07, 6.45) is 0. The van der Waals surface area contributed by atoms with Crippen LogP contribution in [0.15, 0.2) is 29.6 Å². The molecule has 0 spiro atoms. The van der Waals surface area contributed by atoms with Crippen molar-refractivity contribution in [2.75, 3.05) is 0 Å². The molecule has 2 heterocycles. The van der Waals surface area contributed by atoms with Crippen LogP contribution in [0, 0.1) is 0 Å². The summed E-state index contributed by atoms with van der Waals surface area (Å²) in [5.74, 6) is -0.167. The Hall–Kier alpha value is -0.580. The molecule has 0 fully saturated rings. The summed E-state index contributed by atoms with van der Waals surface area (Å²) in [4.78, 5) is 13.1. The summed E-state index contributed by atoms with van der Waals surface area (Å²) in [6.45, 7) is 0. The maximum absolute atomic E-state index is 12.5. The highest BCUT2D eigenvalue weighted by Crippen LogP contribution is 2.35. The van der Waals surface area contributed by atoms with Gasteiger partial charge in [-0.15, -0.1) is 22.7 Å². The van der Waals surface area contributed by atoms with E-state index in [0.29, 0.717) is 15.5 Å². The summed E-state index contributed by atoms with van der Waals surface area (Å²) < 4.78 is 2.18. The molecule has 3 aromatic rings. The molecular formula is C13H5Cl3OS2. The number of fused-ring (bicyclic) bond motifs is 1. The van der Waals surface area contributed by atoms with Crippen molar-refractivity contribution in [1.29, 1.82) is 0 Å². The van der Waals surface area contributed by atoms with E-state index in [1.54, 1.807) is 11.3 Å². The molecule has 1 nitrogen and oxygen atoms in total. The lowest BCUT2D eigenvalue weighted by atomic mass is 10.1. The lowest BCUT2D eigenvalue weighted by Gasteiger charge is -2.05. The Bertz CT molecular complexity index is 737. The monoisotopic (exact) mass is 346 g/mol. The van der Waals surface area contributed by atoms with Crippen molar-refractivity contribution in [1.82, 2.24) is 0 Å². The molecule has 6 heteroatoms. The highest BCUT2D eigenvalue weighted by Gasteiger charge is 2.20. The fourth-order valence-electron chi connectivity index (χ4n) is 1.76. The fraction of sp³-hybridized carbons (Fsp3) is 0. The first kappa shape index (κ1) is 13.4. The minimum Gasteiger partial charge on any atom is -0.288 e. The maximum Gasteiger partial charge on any atom is 0.206 e. The van der Waals surface area contributed by atoms with Gasteiger partial charge in [0.05, 0.1) is 20.5 Å². The normalized spacial score (nSPS) is 11.1. The van der Waals surface area contributed by atoms with E-state index in [-0.39, 0.29) is 15.8 Å². The van der Waals surface area contributed by atoms with Crippen molar-refractivity contribution < 1.29 is 4.79 Å². The number of halogens is 3. The van der Waals surface area contributed by atoms with E-state index >= 15 is 0 Å². The van der Waals surface area contributed by atoms with Crippen LogP contribution in [0.4, 0.5) is 0 Å². The Morgan fingerprint density at radius 1 is 1.00 bits per heavy atom. The van der Waals surface area contributed by atoms with Crippen molar-refractivity contribution in [3.05, 3.63) is 55.2 Å². The van der Waals surface area contributed by atoms with Gasteiger partial charge in [0.2, 0.25) is 5.78 Å². The van der Waals surface area contributed by atoms with Gasteiger partial charge >= 0.3 is 0 Å². The summed E-state index contributed by atoms with van der Waals surface area (Å²) in [5, 5.41) is 2.97. The molecule has 0 bridgehead atoms. The number of thiophene rings is 2. The highest BCUT2D eigenvalue weighted by atomic mass is 35.5. The maximum atomic E-state index is 12.5. The molecular weight excluding hydrogens is 343 g/mol. The van der Waals surface area contributed by atoms with Crippen LogP contribution in [0.3, 0.4) is 0 Å². The first-order chi connectivity index (χ1) is 9.06. The van der Waals surface area contributed by atoms with Gasteiger partial charge in [0.1, 0.15) is 0 Å². The third-order valence-electron chi connectivity index (χ3n) is 2.60. The number of carbonyl (C=O) groups is 1. The van der Waals surface area contributed by atoms with Crippen molar-refractivity contribution in [3.8, 4) is 0 Å². The van der Waals surface area contributed by atoms with Crippen molar-refractivity contribution in [2.24, 2.45) is 0 Å². The van der Waals surface area contributed by atoms with E-state index in [1.165, 1.54) is 23.5 Å². The largest absolute Gasteiger partial charge is 0.288 e. The molecule has 0 unspecified atom stereocenters. The Morgan fingerprint density at radius 2 is 1.68 bits per heavy atom. The third kappa shape index (κ3) is 2.41. The van der Waals surface area contributed by atoms with Crippen LogP contribution in [-0.4, -0.2) is 5.78 Å². The van der Waals surface area contributed by atoms with Crippen LogP contribution >= 0.6 is 57.5 Å². The molecule has 0 aliphatic carbocycles. The van der Waals surface area contributed by atoms with Crippen LogP contribution < -0.4 is 0 Å². The molecule has 0 aliphatic heterocycles. The average molecular weight is 348 g/mol. The molecule has 0 N–H and O–H groups in total. The van der Waals surface area contributed by atoms with Crippen molar-refractivity contribution in [2.45, 2.75) is 0 Å². The average Bonchev–Trinajstić information content (AvgIpc) is 2.86. The zero-order valence-corrected chi connectivity index (χ0v) is 13.1. The molecule has 0 saturated heterocycles. The van der Waals surface area contributed by atoms with E-state index in [9.17, 15) is 4.79 Å². The van der Waals surface area contributed by atoms with Crippen molar-refractivity contribution in [3.63, 3.8) is 0 Å². The molecule has 0 radical (unpaired) electrons. The molecule has 19 heavy (non-hydrogen) atoms. The fourth-order valence-corrected chi connectivity index (χ4v) is 4.80. The molecule has 0 saturated carbocycles. The number of ketones is 1. The highest BCUT2D eigenvalue weighted by molar-refractivity contribution is 7.28. The first-order valence-electron chi connectivity index (χ1n) is 5.22. The van der Waals surface area contributed by atoms with E-state index in [4.69, 9.17) is 34.8 Å². The minimum atomic E-state index is -0.167. The molecule has 3 rings (SSSR count). The summed E-state index contributed by atoms with van der Waals surface area (Å²) in [5.41, 5.74) is 0.307. The van der Waals surface area contributed by atoms with Crippen molar-refractivity contribution >= 4 is 72.7 Å². The molecule has 2 aromatic heterocycles. The quantitative estimate of drug-likeness (QED) is 0.508. The van der Waals surface area contributed by atoms with Gasteiger partial charge in [0.15, 0.2) is 0 Å². The number of hydrogen-bond acceptors (Lipinski definition) is 3. The lowest BCUT2D eigenvalue weighted by molar-refractivity contribution is 0.104. The number of rotatable bonds is 2. The molecule has 0 atom stereocenters. The third-order valence-corrected chi connectivity index (χ3v) is 5.50. The Kier molecular flexibility index (Phi) is 3.58. The van der Waals surface area contributed by atoms with E-state index in [0.717, 1.165) is 9.40 Å². The van der Waals surface area contributed by atoms with Crippen LogP contribution in [-0.2, 0) is 0 Å². The van der Waals surface area contributed by atoms with Gasteiger partial charge in [0, 0.05) is 14.4 Å². The lowest BCUT2D eigenvalue weighted by Crippen LogP contribution is -2.00. The Morgan fingerprint density at radius 3 is 2.32 bits per heavy atom. The van der Waals surface area contributed by atoms with E-state index in [1.807, 2.05) is 17.5 Å². The Labute approximate surface area is 132 Å². The van der Waals surface area contributed by atoms with Gasteiger partial charge < -0.3 is 0 Å². The molecule has 96 valence electrons. The molecule has 0 aliphatic rings. The first-order valence-corrected chi connectivity index (χ1v) is 8.05. The van der Waals surface area contributed by atoms with E-state index < -0.39 is 0 Å². The van der Waals surface area contributed by atoms with Gasteiger partial charge in [-0.3, -0.25) is 4.79 Å². The second kappa shape index (κ2) is 5.08. The van der Waals surface area contributed by atoms with Gasteiger partial charge in [-0.2, -0.15) is 0 Å². The summed E-state index contributed by atoms with van der Waals surface area (Å²) in [7, 11) is 0. The number of hydrogen-bond donors (Lipinski definition) is 0. The number of carbonyl (C=O) groups excluding carboxylic acids is 1. The van der Waals surface area contributed by atoms with Gasteiger partial charge in [-0.25, -0.2) is 0 Å². The van der Waals surface area contributed by atoms with Gasteiger partial charge in [-0.05, 0) is 29.6 Å². The van der Waals surface area contributed by atoms with Gasteiger partial charge in [0.25, 0.3) is 0 Å². The van der Waals surface area contributed by atoms with Crippen LogP contribution in [0.5, 0.6) is 0 Å². The molecule has 1 aromatic carbocycles. The Balaban J connectivity index is 2.12. The van der Waals surface area contributed by atoms with Crippen LogP contribution in [0.2, 0.25) is 15.1 Å². The molecule has 0 amide bonds. The zero-order valence-electron chi connectivity index (χ0n) is 9.25. The minimum absolute atomic E-state index is 0.167. The van der Waals surface area contributed by atoms with Gasteiger partial charge in [-0.1, -0.05) is 34.8 Å². The number of benzene rings is 1.